The summed E-state index contributed by atoms with van der Waals surface area (Å²) in [4.78, 5) is 25.5. The van der Waals surface area contributed by atoms with E-state index in [4.69, 9.17) is 4.74 Å². The number of rotatable bonds is 20. The van der Waals surface area contributed by atoms with E-state index in [0.29, 0.717) is 0 Å². The van der Waals surface area contributed by atoms with E-state index in [1.165, 1.54) is 38.5 Å². The molecule has 0 aliphatic carbocycles. The first-order valence-corrected chi connectivity index (χ1v) is 12.8. The summed E-state index contributed by atoms with van der Waals surface area (Å²) in [6.07, 6.45) is 19.2. The molecule has 2 atom stereocenters. The Kier molecular flexibility index (Phi) is 18.5. The molecule has 0 rings (SSSR count). The van der Waals surface area contributed by atoms with E-state index in [9.17, 15) is 9.59 Å². The van der Waals surface area contributed by atoms with Crippen LogP contribution in [0, 0.1) is 23.7 Å². The molecule has 0 radical (unpaired) electrons. The molecule has 0 saturated heterocycles. The Balaban J connectivity index is 4.41. The van der Waals surface area contributed by atoms with Gasteiger partial charge in [0, 0.05) is 0 Å². The summed E-state index contributed by atoms with van der Waals surface area (Å²) in [6, 6.07) is 0. The van der Waals surface area contributed by atoms with Crippen LogP contribution in [0.2, 0.25) is 0 Å². The van der Waals surface area contributed by atoms with Crippen molar-refractivity contribution in [3.8, 4) is 0 Å². The second kappa shape index (κ2) is 19.3. The van der Waals surface area contributed by atoms with E-state index in [-0.39, 0.29) is 35.6 Å². The highest BCUT2D eigenvalue weighted by Crippen LogP contribution is 2.25. The van der Waals surface area contributed by atoms with Gasteiger partial charge in [0.05, 0.1) is 11.8 Å². The molecule has 0 aromatic rings. The molecule has 0 heterocycles. The van der Waals surface area contributed by atoms with Crippen LogP contribution in [-0.4, -0.2) is 11.9 Å². The van der Waals surface area contributed by atoms with Crippen molar-refractivity contribution in [3.63, 3.8) is 0 Å². The molecule has 2 unspecified atom stereocenters. The second-order valence-corrected chi connectivity index (χ2v) is 9.71. The smallest absolute Gasteiger partial charge is 0.316 e. The molecule has 0 bridgehead atoms. The van der Waals surface area contributed by atoms with Crippen LogP contribution >= 0.6 is 0 Å². The molecule has 31 heavy (non-hydrogen) atoms. The summed E-state index contributed by atoms with van der Waals surface area (Å²) < 4.78 is 5.42. The molecule has 0 fully saturated rings. The fourth-order valence-electron chi connectivity index (χ4n) is 4.06. The Morgan fingerprint density at radius 1 is 0.613 bits per heavy atom. The number of unbranched alkanes of at least 4 members (excludes halogenated alkanes) is 10. The van der Waals surface area contributed by atoms with Crippen LogP contribution in [-0.2, 0) is 14.3 Å². The van der Waals surface area contributed by atoms with Crippen molar-refractivity contribution >= 4 is 11.9 Å². The van der Waals surface area contributed by atoms with Crippen LogP contribution < -0.4 is 0 Å². The number of carbonyl (C=O) groups is 2. The van der Waals surface area contributed by atoms with Crippen LogP contribution in [0.4, 0.5) is 0 Å². The molecule has 3 nitrogen and oxygen atoms in total. The quantitative estimate of drug-likeness (QED) is 0.0835. The number of ether oxygens (including phenoxy) is 1. The van der Waals surface area contributed by atoms with Crippen molar-refractivity contribution < 1.29 is 14.3 Å². The third-order valence-electron chi connectivity index (χ3n) is 6.26. The lowest BCUT2D eigenvalue weighted by atomic mass is 9.89. The van der Waals surface area contributed by atoms with Gasteiger partial charge in [-0.1, -0.05) is 91.2 Å². The lowest BCUT2D eigenvalue weighted by Crippen LogP contribution is -2.30. The van der Waals surface area contributed by atoms with Crippen molar-refractivity contribution in [2.24, 2.45) is 23.7 Å². The lowest BCUT2D eigenvalue weighted by molar-refractivity contribution is -0.167. The molecule has 0 N–H and O–H groups in total. The molecule has 0 aromatic carbocycles. The summed E-state index contributed by atoms with van der Waals surface area (Å²) in [5, 5.41) is 0. The minimum atomic E-state index is -0.318. The molecule has 0 amide bonds. The number of hydrogen-bond acceptors (Lipinski definition) is 3. The van der Waals surface area contributed by atoms with Gasteiger partial charge in [-0.3, -0.25) is 9.59 Å². The second-order valence-electron chi connectivity index (χ2n) is 9.71. The summed E-state index contributed by atoms with van der Waals surface area (Å²) in [5.41, 5.74) is 0. The molecule has 0 saturated carbocycles. The maximum Gasteiger partial charge on any atom is 0.316 e. The van der Waals surface area contributed by atoms with E-state index in [2.05, 4.69) is 13.2 Å². The summed E-state index contributed by atoms with van der Waals surface area (Å²) in [5.74, 6) is -0.628. The first kappa shape index (κ1) is 29.6. The van der Waals surface area contributed by atoms with Crippen LogP contribution in [0.15, 0.2) is 25.3 Å². The molecule has 0 aromatic heterocycles. The average Bonchev–Trinajstić information content (AvgIpc) is 2.71. The average molecular weight is 435 g/mol. The summed E-state index contributed by atoms with van der Waals surface area (Å²) >= 11 is 0. The third-order valence-corrected chi connectivity index (χ3v) is 6.26. The maximum absolute atomic E-state index is 12.7. The van der Waals surface area contributed by atoms with Gasteiger partial charge >= 0.3 is 11.9 Å². The van der Waals surface area contributed by atoms with Crippen molar-refractivity contribution in [1.29, 1.82) is 0 Å². The van der Waals surface area contributed by atoms with Gasteiger partial charge in [0.1, 0.15) is 0 Å². The minimum absolute atomic E-state index is 0.185. The topological polar surface area (TPSA) is 43.4 Å². The summed E-state index contributed by atoms with van der Waals surface area (Å²) in [7, 11) is 0. The Bertz CT molecular complexity index is 448. The van der Waals surface area contributed by atoms with Crippen molar-refractivity contribution in [3.05, 3.63) is 25.3 Å². The van der Waals surface area contributed by atoms with Gasteiger partial charge in [0.25, 0.3) is 0 Å². The number of esters is 2. The predicted molar refractivity (Wildman–Crippen MR) is 133 cm³/mol. The normalized spacial score (nSPS) is 13.2. The largest absolute Gasteiger partial charge is 0.393 e. The van der Waals surface area contributed by atoms with Crippen LogP contribution in [0.3, 0.4) is 0 Å². The highest BCUT2D eigenvalue weighted by Gasteiger charge is 2.30. The van der Waals surface area contributed by atoms with Crippen molar-refractivity contribution in [2.45, 2.75) is 118 Å². The SMILES string of the molecule is C=CCCCCCCCC(C(=O)OC(=O)C(CCCCCCCC=C)C(C)C)C(C)C. The Labute approximate surface area is 193 Å². The van der Waals surface area contributed by atoms with Gasteiger partial charge in [-0.15, -0.1) is 13.2 Å². The van der Waals surface area contributed by atoms with E-state index in [1.807, 2.05) is 39.8 Å². The fraction of sp³-hybridized carbons (Fsp3) is 0.786. The van der Waals surface area contributed by atoms with Crippen molar-refractivity contribution in [2.75, 3.05) is 0 Å². The van der Waals surface area contributed by atoms with Crippen LogP contribution in [0.1, 0.15) is 118 Å². The zero-order valence-electron chi connectivity index (χ0n) is 21.0. The summed E-state index contributed by atoms with van der Waals surface area (Å²) in [6.45, 7) is 15.7. The third kappa shape index (κ3) is 15.1. The molecular weight excluding hydrogens is 384 g/mol. The predicted octanol–water partition coefficient (Wildman–Crippen LogP) is 8.43. The van der Waals surface area contributed by atoms with Gasteiger partial charge in [0.15, 0.2) is 0 Å². The number of carbonyl (C=O) groups excluding carboxylic acids is 2. The molecule has 0 aliphatic heterocycles. The highest BCUT2D eigenvalue weighted by atomic mass is 16.6. The van der Waals surface area contributed by atoms with Crippen LogP contribution in [0.5, 0.6) is 0 Å². The Morgan fingerprint density at radius 2 is 0.935 bits per heavy atom. The molecule has 180 valence electrons. The Hall–Kier alpha value is -1.38. The number of hydrogen-bond donors (Lipinski definition) is 0. The highest BCUT2D eigenvalue weighted by molar-refractivity contribution is 5.88. The Morgan fingerprint density at radius 3 is 1.26 bits per heavy atom. The van der Waals surface area contributed by atoms with E-state index >= 15 is 0 Å². The fourth-order valence-corrected chi connectivity index (χ4v) is 4.06. The zero-order chi connectivity index (χ0) is 23.5. The number of allylic oxidation sites excluding steroid dienone is 2. The van der Waals surface area contributed by atoms with Gasteiger partial charge in [0.2, 0.25) is 0 Å². The minimum Gasteiger partial charge on any atom is -0.393 e. The molecule has 0 spiro atoms. The monoisotopic (exact) mass is 434 g/mol. The molecular formula is C28H50O3. The van der Waals surface area contributed by atoms with Gasteiger partial charge in [-0.05, 0) is 50.4 Å². The zero-order valence-corrected chi connectivity index (χ0v) is 21.0. The lowest BCUT2D eigenvalue weighted by Gasteiger charge is -2.22. The van der Waals surface area contributed by atoms with Gasteiger partial charge < -0.3 is 4.74 Å². The van der Waals surface area contributed by atoms with E-state index in [1.54, 1.807) is 0 Å². The van der Waals surface area contributed by atoms with E-state index < -0.39 is 0 Å². The first-order chi connectivity index (χ1) is 14.8. The maximum atomic E-state index is 12.7. The van der Waals surface area contributed by atoms with E-state index in [0.717, 1.165) is 51.4 Å². The van der Waals surface area contributed by atoms with Crippen LogP contribution in [0.25, 0.3) is 0 Å². The van der Waals surface area contributed by atoms with Gasteiger partial charge in [-0.25, -0.2) is 0 Å². The molecule has 3 heteroatoms. The molecule has 0 aliphatic rings. The first-order valence-electron chi connectivity index (χ1n) is 12.8. The standard InChI is InChI=1S/C28H50O3/c1-7-9-11-13-15-17-19-21-25(23(3)4)27(29)31-28(30)26(24(5)6)22-20-18-16-14-12-10-8-2/h7-8,23-26H,1-2,9-22H2,3-6H3. The van der Waals surface area contributed by atoms with Gasteiger partial charge in [-0.2, -0.15) is 0 Å². The van der Waals surface area contributed by atoms with Crippen molar-refractivity contribution in [1.82, 2.24) is 0 Å².